The van der Waals surface area contributed by atoms with E-state index >= 15 is 0 Å². The molecule has 0 saturated heterocycles. The molecule has 2 aliphatic rings. The molecule has 2 heterocycles. The number of hydrogen-bond donors (Lipinski definition) is 2. The third kappa shape index (κ3) is 1.84. The van der Waals surface area contributed by atoms with Crippen LogP contribution in [0.25, 0.3) is 0 Å². The fourth-order valence-corrected chi connectivity index (χ4v) is 2.19. The lowest BCUT2D eigenvalue weighted by molar-refractivity contribution is -0.118. The smallest absolute Gasteiger partial charge is 0.275 e. The maximum absolute atomic E-state index is 13.7. The standard InChI is InChI=1S/C13H5F4N3O3/c1-3-18-2-4(11(21)19-3)20-12(22)5-6(13(20)23)8(15)10(17)9(16)7(5)14/h2,18H,1H2,(H,19,21). The summed E-state index contributed by atoms with van der Waals surface area (Å²) in [4.78, 5) is 36.1. The van der Waals surface area contributed by atoms with Gasteiger partial charge in [-0.15, -0.1) is 0 Å². The summed E-state index contributed by atoms with van der Waals surface area (Å²) in [5.41, 5.74) is -3.16. The molecule has 10 heteroatoms. The molecule has 0 aromatic heterocycles. The van der Waals surface area contributed by atoms with Crippen LogP contribution in [-0.4, -0.2) is 22.6 Å². The highest BCUT2D eigenvalue weighted by atomic mass is 19.2. The van der Waals surface area contributed by atoms with Crippen molar-refractivity contribution in [2.75, 3.05) is 0 Å². The molecule has 0 radical (unpaired) electrons. The number of rotatable bonds is 1. The van der Waals surface area contributed by atoms with E-state index in [1.54, 1.807) is 0 Å². The van der Waals surface area contributed by atoms with Crippen LogP contribution in [-0.2, 0) is 4.79 Å². The zero-order valence-electron chi connectivity index (χ0n) is 11.0. The van der Waals surface area contributed by atoms with E-state index < -0.39 is 57.8 Å². The topological polar surface area (TPSA) is 78.5 Å². The zero-order valence-corrected chi connectivity index (χ0v) is 11.0. The highest BCUT2D eigenvalue weighted by molar-refractivity contribution is 6.25. The fraction of sp³-hybridized carbons (Fsp3) is 0. The van der Waals surface area contributed by atoms with Crippen molar-refractivity contribution < 1.29 is 31.9 Å². The lowest BCUT2D eigenvalue weighted by atomic mass is 10.1. The molecule has 3 amide bonds. The first-order valence-electron chi connectivity index (χ1n) is 5.97. The first-order chi connectivity index (χ1) is 10.8. The Kier molecular flexibility index (Phi) is 2.99. The van der Waals surface area contributed by atoms with Gasteiger partial charge in [0.05, 0.1) is 11.1 Å². The number of imide groups is 1. The molecular formula is C13H5F4N3O3. The molecular weight excluding hydrogens is 322 g/mol. The molecule has 2 N–H and O–H groups in total. The molecule has 0 saturated carbocycles. The van der Waals surface area contributed by atoms with Crippen LogP contribution >= 0.6 is 0 Å². The van der Waals surface area contributed by atoms with Crippen molar-refractivity contribution in [3.05, 3.63) is 58.7 Å². The molecule has 0 bridgehead atoms. The highest BCUT2D eigenvalue weighted by Gasteiger charge is 2.47. The van der Waals surface area contributed by atoms with Gasteiger partial charge in [0.15, 0.2) is 23.3 Å². The Labute approximate surface area is 125 Å². The molecule has 6 nitrogen and oxygen atoms in total. The van der Waals surface area contributed by atoms with Gasteiger partial charge >= 0.3 is 0 Å². The number of nitrogens with zero attached hydrogens (tertiary/aromatic N) is 1. The van der Waals surface area contributed by atoms with Gasteiger partial charge in [-0.3, -0.25) is 14.4 Å². The monoisotopic (exact) mass is 327 g/mol. The molecule has 3 rings (SSSR count). The van der Waals surface area contributed by atoms with Gasteiger partial charge < -0.3 is 10.6 Å². The van der Waals surface area contributed by atoms with Crippen LogP contribution in [0.2, 0.25) is 0 Å². The molecule has 0 spiro atoms. The molecule has 0 unspecified atom stereocenters. The number of carbonyl (C=O) groups excluding carboxylic acids is 3. The van der Waals surface area contributed by atoms with Gasteiger partial charge in [0.2, 0.25) is 0 Å². The Morgan fingerprint density at radius 3 is 1.78 bits per heavy atom. The van der Waals surface area contributed by atoms with Crippen molar-refractivity contribution >= 4 is 17.7 Å². The summed E-state index contributed by atoms with van der Waals surface area (Å²) in [6.45, 7) is 3.36. The Morgan fingerprint density at radius 1 is 0.870 bits per heavy atom. The number of nitrogens with one attached hydrogen (secondary N) is 2. The second-order valence-corrected chi connectivity index (χ2v) is 4.56. The van der Waals surface area contributed by atoms with Crippen LogP contribution in [0.4, 0.5) is 17.6 Å². The molecule has 2 aliphatic heterocycles. The number of benzene rings is 1. The van der Waals surface area contributed by atoms with Crippen LogP contribution in [0, 0.1) is 23.3 Å². The van der Waals surface area contributed by atoms with E-state index in [1.807, 2.05) is 0 Å². The summed E-state index contributed by atoms with van der Waals surface area (Å²) >= 11 is 0. The third-order valence-corrected chi connectivity index (χ3v) is 3.22. The number of fused-ring (bicyclic) bond motifs is 1. The van der Waals surface area contributed by atoms with E-state index in [2.05, 4.69) is 17.2 Å². The highest BCUT2D eigenvalue weighted by Crippen LogP contribution is 2.33. The predicted octanol–water partition coefficient (Wildman–Crippen LogP) is 0.871. The van der Waals surface area contributed by atoms with Crippen molar-refractivity contribution in [3.8, 4) is 0 Å². The molecule has 1 aromatic rings. The van der Waals surface area contributed by atoms with Crippen molar-refractivity contribution in [1.82, 2.24) is 15.5 Å². The second-order valence-electron chi connectivity index (χ2n) is 4.56. The first-order valence-corrected chi connectivity index (χ1v) is 5.97. The molecule has 0 aliphatic carbocycles. The van der Waals surface area contributed by atoms with E-state index in [4.69, 9.17) is 0 Å². The van der Waals surface area contributed by atoms with E-state index in [1.165, 1.54) is 0 Å². The first kappa shape index (κ1) is 14.8. The summed E-state index contributed by atoms with van der Waals surface area (Å²) in [5.74, 6) is -12.4. The number of carbonyl (C=O) groups is 3. The summed E-state index contributed by atoms with van der Waals surface area (Å²) in [5, 5.41) is 4.52. The molecule has 23 heavy (non-hydrogen) atoms. The Balaban J connectivity index is 2.20. The normalized spacial score (nSPS) is 17.0. The Morgan fingerprint density at radius 2 is 1.35 bits per heavy atom. The maximum atomic E-state index is 13.7. The number of halogens is 4. The van der Waals surface area contributed by atoms with Gasteiger partial charge in [-0.1, -0.05) is 6.58 Å². The molecule has 0 fully saturated rings. The SMILES string of the molecule is C=C1NC=C(N2C(=O)c3c(F)c(F)c(F)c(F)c3C2=O)C(=O)N1. The zero-order chi connectivity index (χ0) is 17.0. The largest absolute Gasteiger partial charge is 0.346 e. The van der Waals surface area contributed by atoms with Gasteiger partial charge in [-0.2, -0.15) is 0 Å². The minimum Gasteiger partial charge on any atom is -0.346 e. The van der Waals surface area contributed by atoms with Gasteiger partial charge in [0.25, 0.3) is 17.7 Å². The van der Waals surface area contributed by atoms with Gasteiger partial charge in [0, 0.05) is 6.20 Å². The number of amides is 3. The third-order valence-electron chi connectivity index (χ3n) is 3.22. The maximum Gasteiger partial charge on any atom is 0.275 e. The minimum absolute atomic E-state index is 0.0322. The molecule has 118 valence electrons. The Bertz CT molecular complexity index is 816. The predicted molar refractivity (Wildman–Crippen MR) is 65.3 cm³/mol. The van der Waals surface area contributed by atoms with Crippen LogP contribution in [0.1, 0.15) is 20.7 Å². The Hall–Kier alpha value is -3.17. The van der Waals surface area contributed by atoms with E-state index in [9.17, 15) is 31.9 Å². The van der Waals surface area contributed by atoms with Gasteiger partial charge in [0.1, 0.15) is 11.5 Å². The van der Waals surface area contributed by atoms with Crippen molar-refractivity contribution in [2.24, 2.45) is 0 Å². The average Bonchev–Trinajstić information content (AvgIpc) is 2.75. The average molecular weight is 327 g/mol. The van der Waals surface area contributed by atoms with Gasteiger partial charge in [-0.25, -0.2) is 22.5 Å². The minimum atomic E-state index is -2.22. The van der Waals surface area contributed by atoms with E-state index in [-0.39, 0.29) is 10.7 Å². The van der Waals surface area contributed by atoms with Crippen molar-refractivity contribution in [3.63, 3.8) is 0 Å². The van der Waals surface area contributed by atoms with Gasteiger partial charge in [-0.05, 0) is 0 Å². The second kappa shape index (κ2) is 4.66. The van der Waals surface area contributed by atoms with E-state index in [0.717, 1.165) is 6.20 Å². The van der Waals surface area contributed by atoms with Crippen LogP contribution < -0.4 is 10.6 Å². The van der Waals surface area contributed by atoms with E-state index in [0.29, 0.717) is 0 Å². The lowest BCUT2D eigenvalue weighted by Gasteiger charge is -2.22. The number of hydrogen-bond acceptors (Lipinski definition) is 4. The van der Waals surface area contributed by atoms with Crippen LogP contribution in [0.3, 0.4) is 0 Å². The molecule has 0 atom stereocenters. The quantitative estimate of drug-likeness (QED) is 0.347. The summed E-state index contributed by atoms with van der Waals surface area (Å²) in [6, 6.07) is 0. The summed E-state index contributed by atoms with van der Waals surface area (Å²) in [7, 11) is 0. The van der Waals surface area contributed by atoms with Crippen molar-refractivity contribution in [2.45, 2.75) is 0 Å². The van der Waals surface area contributed by atoms with Crippen molar-refractivity contribution in [1.29, 1.82) is 0 Å². The molecule has 1 aromatic carbocycles. The van der Waals surface area contributed by atoms with Crippen LogP contribution in [0.5, 0.6) is 0 Å². The van der Waals surface area contributed by atoms with Crippen LogP contribution in [0.15, 0.2) is 24.3 Å². The lowest BCUT2D eigenvalue weighted by Crippen LogP contribution is -2.43. The summed E-state index contributed by atoms with van der Waals surface area (Å²) < 4.78 is 54.0. The fourth-order valence-electron chi connectivity index (χ4n) is 2.19. The summed E-state index contributed by atoms with van der Waals surface area (Å²) in [6.07, 6.45) is 0.894.